The van der Waals surface area contributed by atoms with Crippen molar-refractivity contribution in [2.45, 2.75) is 0 Å². The number of para-hydroxylation sites is 3. The summed E-state index contributed by atoms with van der Waals surface area (Å²) in [4.78, 5) is 41.3. The zero-order valence-corrected chi connectivity index (χ0v) is 49.5. The Morgan fingerprint density at radius 3 is 0.902 bits per heavy atom. The summed E-state index contributed by atoms with van der Waals surface area (Å²) in [6, 6.07) is 109. The molecule has 10 nitrogen and oxygen atoms in total. The summed E-state index contributed by atoms with van der Waals surface area (Å²) >= 11 is 0. The maximum absolute atomic E-state index is 5.39. The van der Waals surface area contributed by atoms with Crippen LogP contribution in [-0.2, 0) is 0 Å². The molecule has 0 aliphatic carbocycles. The lowest BCUT2D eigenvalue weighted by Crippen LogP contribution is -2.03. The van der Waals surface area contributed by atoms with E-state index in [4.69, 9.17) is 39.9 Å². The van der Waals surface area contributed by atoms with Crippen LogP contribution in [0.4, 0.5) is 0 Å². The molecule has 0 saturated carbocycles. The molecule has 0 radical (unpaired) electrons. The first kappa shape index (κ1) is 53.6. The summed E-state index contributed by atoms with van der Waals surface area (Å²) in [7, 11) is 0. The van der Waals surface area contributed by atoms with Crippen molar-refractivity contribution in [1.82, 2.24) is 49.0 Å². The Morgan fingerprint density at radius 2 is 0.478 bits per heavy atom. The molecule has 17 aromatic rings. The first-order valence-electron chi connectivity index (χ1n) is 30.7. The second kappa shape index (κ2) is 22.8. The van der Waals surface area contributed by atoms with Crippen LogP contribution in [0.15, 0.2) is 315 Å². The van der Waals surface area contributed by atoms with Crippen LogP contribution >= 0.6 is 0 Å². The molecule has 0 amide bonds. The Hall–Kier alpha value is -12.7. The van der Waals surface area contributed by atoms with E-state index < -0.39 is 0 Å². The number of hydrogen-bond acceptors (Lipinski definition) is 8. The van der Waals surface area contributed by atoms with Gasteiger partial charge in [0.05, 0.1) is 44.8 Å². The standard InChI is InChI=1S/C82H52N10/c1-7-25-53(26-8-1)68-52-69(84-76(83-68)54-27-9-2-10-28-54)59-43-46-73(92-72-42-24-21-39-64(72)67-51-61(45-48-75(67)92)82-89-79(57-33-15-5-16-34-57)86-80(90-82)58-35-17-6-18-36-58)65(49-59)62-37-19-22-40-70(62)91-71-41-23-20-38-63(71)66-50-60(44-47-74(66)91)81-87-77(55-29-11-3-12-30-55)85-78(88-81)56-31-13-4-14-32-56/h1-52H. The molecule has 5 heterocycles. The minimum absolute atomic E-state index is 0.588. The molecule has 0 bridgehead atoms. The molecule has 17 rings (SSSR count). The topological polar surface area (TPSA) is 113 Å². The molecular weight excluding hydrogens is 1120 g/mol. The van der Waals surface area contributed by atoms with Gasteiger partial charge in [-0.2, -0.15) is 0 Å². The van der Waals surface area contributed by atoms with Crippen molar-refractivity contribution in [3.05, 3.63) is 315 Å². The molecule has 5 aromatic heterocycles. The highest BCUT2D eigenvalue weighted by Gasteiger charge is 2.24. The van der Waals surface area contributed by atoms with Gasteiger partial charge >= 0.3 is 0 Å². The number of fused-ring (bicyclic) bond motifs is 6. The molecular formula is C82H52N10. The highest BCUT2D eigenvalue weighted by atomic mass is 15.1. The average Bonchev–Trinajstić information content (AvgIpc) is 2.30. The Bertz CT molecular complexity index is 5450. The normalized spacial score (nSPS) is 11.5. The SMILES string of the molecule is c1ccc(-c2cc(-c3ccc(-n4c5ccccc5c5cc(-c6nc(-c7ccccc7)nc(-c7ccccc7)n6)ccc54)c(-c4ccccc4-n4c5ccccc5c5cc(-c6nc(-c7ccccc7)nc(-c7ccccc7)n6)ccc54)c3)nc(-c3ccccc3)n2)cc1. The van der Waals surface area contributed by atoms with Crippen molar-refractivity contribution in [3.8, 4) is 125 Å². The van der Waals surface area contributed by atoms with E-state index in [1.165, 1.54) is 0 Å². The number of rotatable bonds is 12. The monoisotopic (exact) mass is 1180 g/mol. The lowest BCUT2D eigenvalue weighted by atomic mass is 9.96. The largest absolute Gasteiger partial charge is 0.309 e. The highest BCUT2D eigenvalue weighted by molar-refractivity contribution is 6.13. The summed E-state index contributed by atoms with van der Waals surface area (Å²) in [5.41, 5.74) is 18.1. The van der Waals surface area contributed by atoms with Gasteiger partial charge in [0.1, 0.15) is 0 Å². The molecule has 0 aliphatic heterocycles. The zero-order valence-electron chi connectivity index (χ0n) is 49.5. The van der Waals surface area contributed by atoms with Crippen LogP contribution in [0.25, 0.3) is 168 Å². The van der Waals surface area contributed by atoms with E-state index in [1.54, 1.807) is 0 Å². The van der Waals surface area contributed by atoms with Crippen molar-refractivity contribution in [3.63, 3.8) is 0 Å². The Morgan fingerprint density at radius 1 is 0.174 bits per heavy atom. The summed E-state index contributed by atoms with van der Waals surface area (Å²) < 4.78 is 4.82. The quantitative estimate of drug-likeness (QED) is 0.119. The van der Waals surface area contributed by atoms with Crippen molar-refractivity contribution < 1.29 is 0 Å². The van der Waals surface area contributed by atoms with Gasteiger partial charge in [0.25, 0.3) is 0 Å². The first-order chi connectivity index (χ1) is 45.6. The third-order valence-corrected chi connectivity index (χ3v) is 17.1. The van der Waals surface area contributed by atoms with Crippen molar-refractivity contribution in [2.24, 2.45) is 0 Å². The van der Waals surface area contributed by atoms with E-state index in [1.807, 2.05) is 146 Å². The Labute approximate surface area is 529 Å². The van der Waals surface area contributed by atoms with Crippen molar-refractivity contribution >= 4 is 43.6 Å². The Kier molecular flexibility index (Phi) is 13.3. The second-order valence-corrected chi connectivity index (χ2v) is 22.7. The van der Waals surface area contributed by atoms with Gasteiger partial charge in [-0.25, -0.2) is 39.9 Å². The number of hydrogen-bond donors (Lipinski definition) is 0. The summed E-state index contributed by atoms with van der Waals surface area (Å²) in [5.74, 6) is 4.26. The van der Waals surface area contributed by atoms with Crippen LogP contribution in [0, 0.1) is 0 Å². The zero-order chi connectivity index (χ0) is 60.9. The molecule has 430 valence electrons. The van der Waals surface area contributed by atoms with E-state index in [0.717, 1.165) is 128 Å². The molecule has 0 N–H and O–H groups in total. The number of nitrogens with zero attached hydrogens (tertiary/aromatic N) is 10. The van der Waals surface area contributed by atoms with Crippen LogP contribution in [-0.4, -0.2) is 49.0 Å². The van der Waals surface area contributed by atoms with E-state index in [9.17, 15) is 0 Å². The Balaban J connectivity index is 0.883. The van der Waals surface area contributed by atoms with Crippen molar-refractivity contribution in [1.29, 1.82) is 0 Å². The minimum Gasteiger partial charge on any atom is -0.309 e. The molecule has 12 aromatic carbocycles. The van der Waals surface area contributed by atoms with Gasteiger partial charge in [-0.05, 0) is 72.8 Å². The predicted octanol–water partition coefficient (Wildman–Crippen LogP) is 19.7. The molecule has 0 atom stereocenters. The number of benzene rings is 12. The summed E-state index contributed by atoms with van der Waals surface area (Å²) in [6.45, 7) is 0. The van der Waals surface area contributed by atoms with Gasteiger partial charge in [-0.15, -0.1) is 0 Å². The van der Waals surface area contributed by atoms with Crippen LogP contribution in [0.3, 0.4) is 0 Å². The van der Waals surface area contributed by atoms with Gasteiger partial charge in [-0.1, -0.05) is 243 Å². The molecule has 0 spiro atoms. The van der Waals surface area contributed by atoms with Gasteiger partial charge in [0.2, 0.25) is 0 Å². The molecule has 0 fully saturated rings. The third kappa shape index (κ3) is 9.72. The summed E-state index contributed by atoms with van der Waals surface area (Å²) in [6.07, 6.45) is 0. The summed E-state index contributed by atoms with van der Waals surface area (Å²) in [5, 5.41) is 4.31. The first-order valence-corrected chi connectivity index (χ1v) is 30.7. The van der Waals surface area contributed by atoms with Gasteiger partial charge in [0.15, 0.2) is 40.8 Å². The molecule has 10 heteroatoms. The molecule has 92 heavy (non-hydrogen) atoms. The van der Waals surface area contributed by atoms with E-state index >= 15 is 0 Å². The van der Waals surface area contributed by atoms with Gasteiger partial charge < -0.3 is 9.13 Å². The van der Waals surface area contributed by atoms with Crippen molar-refractivity contribution in [2.75, 3.05) is 0 Å². The third-order valence-electron chi connectivity index (χ3n) is 17.1. The lowest BCUT2D eigenvalue weighted by molar-refractivity contribution is 1.07. The highest BCUT2D eigenvalue weighted by Crippen LogP contribution is 2.44. The van der Waals surface area contributed by atoms with Gasteiger partial charge in [0, 0.05) is 82.7 Å². The molecule has 0 saturated heterocycles. The van der Waals surface area contributed by atoms with E-state index in [-0.39, 0.29) is 0 Å². The van der Waals surface area contributed by atoms with E-state index in [2.05, 4.69) is 179 Å². The average molecular weight is 1180 g/mol. The molecule has 0 aliphatic rings. The smallest absolute Gasteiger partial charge is 0.164 e. The van der Waals surface area contributed by atoms with Crippen LogP contribution < -0.4 is 0 Å². The van der Waals surface area contributed by atoms with E-state index in [0.29, 0.717) is 40.8 Å². The minimum atomic E-state index is 0.588. The van der Waals surface area contributed by atoms with Gasteiger partial charge in [-0.3, -0.25) is 0 Å². The molecule has 0 unspecified atom stereocenters. The maximum atomic E-state index is 5.39. The van der Waals surface area contributed by atoms with Crippen LogP contribution in [0.5, 0.6) is 0 Å². The fourth-order valence-electron chi connectivity index (χ4n) is 12.7. The predicted molar refractivity (Wildman–Crippen MR) is 372 cm³/mol. The fraction of sp³-hybridized carbons (Fsp3) is 0. The van der Waals surface area contributed by atoms with Crippen LogP contribution in [0.2, 0.25) is 0 Å². The fourth-order valence-corrected chi connectivity index (χ4v) is 12.7. The second-order valence-electron chi connectivity index (χ2n) is 22.7. The van der Waals surface area contributed by atoms with Crippen LogP contribution in [0.1, 0.15) is 0 Å². The lowest BCUT2D eigenvalue weighted by Gasteiger charge is -2.20. The number of aromatic nitrogens is 10. The maximum Gasteiger partial charge on any atom is 0.164 e.